The molecule has 0 unspecified atom stereocenters. The minimum absolute atomic E-state index is 0.0499. The first-order valence-corrected chi connectivity index (χ1v) is 10.3. The minimum Gasteiger partial charge on any atom is -0.478 e. The number of aliphatic carboxylic acids is 1. The van der Waals surface area contributed by atoms with Crippen molar-refractivity contribution in [2.75, 3.05) is 10.6 Å². The van der Waals surface area contributed by atoms with Gasteiger partial charge in [-0.25, -0.2) is 4.79 Å². The van der Waals surface area contributed by atoms with E-state index in [1.54, 1.807) is 30.5 Å². The van der Waals surface area contributed by atoms with Crippen LogP contribution in [0.1, 0.15) is 13.8 Å². The Hall–Kier alpha value is -3.65. The van der Waals surface area contributed by atoms with Crippen molar-refractivity contribution in [3.63, 3.8) is 0 Å². The number of thioether (sulfide) groups is 1. The number of para-hydroxylation sites is 1. The molecule has 0 saturated carbocycles. The molecule has 0 aliphatic carbocycles. The van der Waals surface area contributed by atoms with Gasteiger partial charge in [-0.05, 0) is 50.2 Å². The lowest BCUT2D eigenvalue weighted by Gasteiger charge is -2.13. The fraction of sp³-hybridized carbons (Fsp3) is 0.130. The summed E-state index contributed by atoms with van der Waals surface area (Å²) in [4.78, 5) is 40.3. The van der Waals surface area contributed by atoms with E-state index >= 15 is 0 Å². The van der Waals surface area contributed by atoms with Crippen LogP contribution in [-0.2, 0) is 14.4 Å². The van der Waals surface area contributed by atoms with Crippen LogP contribution in [0, 0.1) is 0 Å². The van der Waals surface area contributed by atoms with E-state index in [0.29, 0.717) is 11.4 Å². The number of nitrogens with zero attached hydrogens (tertiary/aromatic N) is 1. The van der Waals surface area contributed by atoms with Crippen LogP contribution in [0.3, 0.4) is 0 Å². The Morgan fingerprint density at radius 2 is 1.74 bits per heavy atom. The van der Waals surface area contributed by atoms with Gasteiger partial charge < -0.3 is 15.7 Å². The summed E-state index contributed by atoms with van der Waals surface area (Å²) in [7, 11) is 0. The lowest BCUT2D eigenvalue weighted by atomic mass is 10.2. The molecule has 158 valence electrons. The molecule has 8 heteroatoms. The van der Waals surface area contributed by atoms with Gasteiger partial charge in [0, 0.05) is 27.6 Å². The number of carboxylic acids is 1. The van der Waals surface area contributed by atoms with Gasteiger partial charge in [0.25, 0.3) is 0 Å². The lowest BCUT2D eigenvalue weighted by molar-refractivity contribution is -0.132. The van der Waals surface area contributed by atoms with E-state index in [1.807, 2.05) is 37.3 Å². The Morgan fingerprint density at radius 3 is 2.45 bits per heavy atom. The molecule has 2 amide bonds. The first-order chi connectivity index (χ1) is 14.8. The van der Waals surface area contributed by atoms with Crippen molar-refractivity contribution >= 4 is 51.8 Å². The number of carbonyl (C=O) groups excluding carboxylic acids is 2. The summed E-state index contributed by atoms with van der Waals surface area (Å²) in [5.74, 6) is -1.81. The van der Waals surface area contributed by atoms with Crippen LogP contribution >= 0.6 is 11.8 Å². The molecule has 1 atom stereocenters. The van der Waals surface area contributed by atoms with E-state index in [2.05, 4.69) is 15.6 Å². The van der Waals surface area contributed by atoms with Gasteiger partial charge in [0.15, 0.2) is 0 Å². The highest BCUT2D eigenvalue weighted by molar-refractivity contribution is 8.00. The van der Waals surface area contributed by atoms with Crippen molar-refractivity contribution < 1.29 is 19.5 Å². The maximum Gasteiger partial charge on any atom is 0.331 e. The number of benzene rings is 2. The standard InChI is InChI=1S/C23H21N3O4S/c1-14(23(29)30)11-21(27)25-17-7-9-19(10-8-17)31-15(2)22(28)26-18-12-16-5-3-4-6-20(16)24-13-18/h3-13,15H,1-2H3,(H,25,27)(H,26,28)(H,29,30)/b14-11+/t15-/m0/s1. The molecule has 0 spiro atoms. The molecule has 0 aliphatic rings. The van der Waals surface area contributed by atoms with Gasteiger partial charge in [-0.2, -0.15) is 0 Å². The highest BCUT2D eigenvalue weighted by atomic mass is 32.2. The summed E-state index contributed by atoms with van der Waals surface area (Å²) < 4.78 is 0. The Bertz CT molecular complexity index is 1160. The number of rotatable bonds is 7. The van der Waals surface area contributed by atoms with E-state index in [-0.39, 0.29) is 16.7 Å². The van der Waals surface area contributed by atoms with Gasteiger partial charge in [0.1, 0.15) is 0 Å². The molecule has 1 heterocycles. The third-order valence-corrected chi connectivity index (χ3v) is 5.46. The molecule has 0 radical (unpaired) electrons. The molecule has 0 fully saturated rings. The molecule has 0 aliphatic heterocycles. The second kappa shape index (κ2) is 9.90. The number of hydrogen-bond donors (Lipinski definition) is 3. The molecule has 2 aromatic carbocycles. The molecule has 7 nitrogen and oxygen atoms in total. The monoisotopic (exact) mass is 435 g/mol. The zero-order valence-electron chi connectivity index (χ0n) is 17.0. The van der Waals surface area contributed by atoms with E-state index in [1.165, 1.54) is 18.7 Å². The number of amides is 2. The number of nitrogens with one attached hydrogen (secondary N) is 2. The maximum absolute atomic E-state index is 12.6. The SMILES string of the molecule is C/C(=C\C(=O)Nc1ccc(S[C@@H](C)C(=O)Nc2cnc3ccccc3c2)cc1)C(=O)O. The van der Waals surface area contributed by atoms with Crippen molar-refractivity contribution in [1.29, 1.82) is 0 Å². The number of carbonyl (C=O) groups is 3. The molecule has 3 rings (SSSR count). The summed E-state index contributed by atoms with van der Waals surface area (Å²) in [6, 6.07) is 16.5. The first kappa shape index (κ1) is 22.0. The van der Waals surface area contributed by atoms with Gasteiger partial charge in [-0.15, -0.1) is 11.8 Å². The average Bonchev–Trinajstić information content (AvgIpc) is 2.74. The summed E-state index contributed by atoms with van der Waals surface area (Å²) >= 11 is 1.38. The number of anilines is 2. The third kappa shape index (κ3) is 6.16. The summed E-state index contributed by atoms with van der Waals surface area (Å²) in [5.41, 5.74) is 1.98. The van der Waals surface area contributed by atoms with E-state index < -0.39 is 11.9 Å². The maximum atomic E-state index is 12.6. The highest BCUT2D eigenvalue weighted by Crippen LogP contribution is 2.26. The van der Waals surface area contributed by atoms with Gasteiger partial charge in [0.05, 0.1) is 22.7 Å². The summed E-state index contributed by atoms with van der Waals surface area (Å²) in [6.45, 7) is 3.16. The van der Waals surface area contributed by atoms with Gasteiger partial charge in [-0.3, -0.25) is 14.6 Å². The predicted octanol–water partition coefficient (Wildman–Crippen LogP) is 4.32. The molecular formula is C23H21N3O4S. The fourth-order valence-electron chi connectivity index (χ4n) is 2.69. The largest absolute Gasteiger partial charge is 0.478 e. The summed E-state index contributed by atoms with van der Waals surface area (Å²) in [6.07, 6.45) is 2.66. The van der Waals surface area contributed by atoms with Crippen LogP contribution in [0.5, 0.6) is 0 Å². The van der Waals surface area contributed by atoms with Crippen LogP contribution in [0.15, 0.2) is 77.3 Å². The third-order valence-electron chi connectivity index (χ3n) is 4.35. The topological polar surface area (TPSA) is 108 Å². The van der Waals surface area contributed by atoms with Crippen molar-refractivity contribution in [2.24, 2.45) is 0 Å². The second-order valence-electron chi connectivity index (χ2n) is 6.81. The molecular weight excluding hydrogens is 414 g/mol. The Morgan fingerprint density at radius 1 is 1.03 bits per heavy atom. The van der Waals surface area contributed by atoms with Crippen molar-refractivity contribution in [3.8, 4) is 0 Å². The van der Waals surface area contributed by atoms with E-state index in [4.69, 9.17) is 5.11 Å². The number of fused-ring (bicyclic) bond motifs is 1. The van der Waals surface area contributed by atoms with Crippen LogP contribution in [0.4, 0.5) is 11.4 Å². The van der Waals surface area contributed by atoms with Gasteiger partial charge in [-0.1, -0.05) is 18.2 Å². The van der Waals surface area contributed by atoms with Crippen molar-refractivity contribution in [1.82, 2.24) is 4.98 Å². The predicted molar refractivity (Wildman–Crippen MR) is 122 cm³/mol. The number of aromatic nitrogens is 1. The lowest BCUT2D eigenvalue weighted by Crippen LogP contribution is -2.22. The fourth-order valence-corrected chi connectivity index (χ4v) is 3.56. The van der Waals surface area contributed by atoms with Crippen LogP contribution < -0.4 is 10.6 Å². The Balaban J connectivity index is 1.57. The van der Waals surface area contributed by atoms with E-state index in [0.717, 1.165) is 21.9 Å². The van der Waals surface area contributed by atoms with Crippen LogP contribution in [0.2, 0.25) is 0 Å². The molecule has 1 aromatic heterocycles. The number of hydrogen-bond acceptors (Lipinski definition) is 5. The number of pyridine rings is 1. The zero-order valence-corrected chi connectivity index (χ0v) is 17.8. The van der Waals surface area contributed by atoms with Crippen LogP contribution in [-0.4, -0.2) is 33.1 Å². The molecule has 3 N–H and O–H groups in total. The molecule has 31 heavy (non-hydrogen) atoms. The first-order valence-electron chi connectivity index (χ1n) is 9.47. The average molecular weight is 436 g/mol. The Kier molecular flexibility index (Phi) is 7.04. The zero-order chi connectivity index (χ0) is 22.4. The van der Waals surface area contributed by atoms with Gasteiger partial charge >= 0.3 is 5.97 Å². The quantitative estimate of drug-likeness (QED) is 0.377. The Labute approximate surface area is 183 Å². The van der Waals surface area contributed by atoms with Crippen molar-refractivity contribution in [3.05, 3.63) is 72.4 Å². The summed E-state index contributed by atoms with van der Waals surface area (Å²) in [5, 5.41) is 14.9. The molecule has 3 aromatic rings. The van der Waals surface area contributed by atoms with Crippen LogP contribution in [0.25, 0.3) is 10.9 Å². The highest BCUT2D eigenvalue weighted by Gasteiger charge is 2.15. The smallest absolute Gasteiger partial charge is 0.331 e. The second-order valence-corrected chi connectivity index (χ2v) is 8.23. The number of carboxylic acid groups (broad SMARTS) is 1. The van der Waals surface area contributed by atoms with Gasteiger partial charge in [0.2, 0.25) is 11.8 Å². The van der Waals surface area contributed by atoms with E-state index in [9.17, 15) is 14.4 Å². The van der Waals surface area contributed by atoms with Crippen molar-refractivity contribution in [2.45, 2.75) is 24.0 Å². The minimum atomic E-state index is -1.14. The molecule has 0 bridgehead atoms. The normalized spacial score (nSPS) is 12.3. The molecule has 0 saturated heterocycles.